The van der Waals surface area contributed by atoms with E-state index >= 15 is 0 Å². The molecule has 0 spiro atoms. The molecule has 0 saturated carbocycles. The summed E-state index contributed by atoms with van der Waals surface area (Å²) in [6.45, 7) is 15.3. The number of fused-ring (bicyclic) bond motifs is 3. The van der Waals surface area contributed by atoms with Crippen LogP contribution >= 0.6 is 0 Å². The number of hydrogen-bond donors (Lipinski definition) is 0. The van der Waals surface area contributed by atoms with Crippen molar-refractivity contribution in [1.82, 2.24) is 0 Å². The van der Waals surface area contributed by atoms with Gasteiger partial charge in [0.2, 0.25) is 0 Å². The van der Waals surface area contributed by atoms with E-state index in [4.69, 9.17) is 0 Å². The molecule has 0 aliphatic heterocycles. The minimum absolute atomic E-state index is 1.01. The summed E-state index contributed by atoms with van der Waals surface area (Å²) in [4.78, 5) is 0. The number of allylic oxidation sites excluding steroid dienone is 4. The van der Waals surface area contributed by atoms with E-state index in [2.05, 4.69) is 69.3 Å². The van der Waals surface area contributed by atoms with Crippen LogP contribution in [0.5, 0.6) is 0 Å². The Bertz CT molecular complexity index is 683. The molecule has 2 aromatic rings. The number of aryl methyl sites for hydroxylation is 2. The second-order valence-electron chi connectivity index (χ2n) is 6.53. The maximum absolute atomic E-state index is 3.45. The molecule has 2 aliphatic rings. The van der Waals surface area contributed by atoms with Gasteiger partial charge < -0.3 is 12.8 Å². The Labute approximate surface area is 190 Å². The number of rotatable bonds is 0. The van der Waals surface area contributed by atoms with Crippen molar-refractivity contribution >= 4 is 6.88 Å². The molecule has 0 unspecified atom stereocenters. The van der Waals surface area contributed by atoms with Gasteiger partial charge in [-0.3, -0.25) is 6.08 Å². The van der Waals surface area contributed by atoms with Crippen LogP contribution in [0.2, 0.25) is 0 Å². The molecule has 2 aromatic carbocycles. The quantitative estimate of drug-likeness (QED) is 0.247. The molecule has 0 fully saturated rings. The molecule has 0 atom stereocenters. The van der Waals surface area contributed by atoms with Gasteiger partial charge in [-0.25, -0.2) is 12.2 Å². The van der Waals surface area contributed by atoms with E-state index < -0.39 is 0 Å². The van der Waals surface area contributed by atoms with Crippen molar-refractivity contribution in [2.24, 2.45) is 0 Å². The average molecular weight is 464 g/mol. The second kappa shape index (κ2) is 16.9. The summed E-state index contributed by atoms with van der Waals surface area (Å²) < 4.78 is 0. The van der Waals surface area contributed by atoms with E-state index in [-0.39, 0.29) is 0 Å². The average Bonchev–Trinajstić information content (AvgIpc) is 3.35. The Morgan fingerprint density at radius 2 is 1.54 bits per heavy atom. The molecule has 0 heterocycles. The van der Waals surface area contributed by atoms with Crippen molar-refractivity contribution in [3.05, 3.63) is 95.8 Å². The maximum atomic E-state index is 3.45. The van der Waals surface area contributed by atoms with Gasteiger partial charge in [0.05, 0.1) is 0 Å². The van der Waals surface area contributed by atoms with Gasteiger partial charge >= 0.3 is 30.2 Å². The summed E-state index contributed by atoms with van der Waals surface area (Å²) in [6, 6.07) is 14.5. The summed E-state index contributed by atoms with van der Waals surface area (Å²) in [6.07, 6.45) is 15.0. The molecule has 0 amide bonds. The fourth-order valence-electron chi connectivity index (χ4n) is 2.71. The van der Waals surface area contributed by atoms with Crippen LogP contribution in [0.25, 0.3) is 11.1 Å². The van der Waals surface area contributed by atoms with Crippen molar-refractivity contribution in [2.45, 2.75) is 54.4 Å². The zero-order valence-corrected chi connectivity index (χ0v) is 21.6. The summed E-state index contributed by atoms with van der Waals surface area (Å²) in [5.41, 5.74) is 8.15. The molecule has 2 heteroatoms. The van der Waals surface area contributed by atoms with Gasteiger partial charge in [-0.05, 0) is 18.9 Å². The minimum atomic E-state index is 1.01. The van der Waals surface area contributed by atoms with Crippen LogP contribution in [0.1, 0.15) is 56.4 Å². The van der Waals surface area contributed by atoms with Gasteiger partial charge in [-0.15, -0.1) is 17.5 Å². The summed E-state index contributed by atoms with van der Waals surface area (Å²) >= 11 is 1.36. The Balaban J connectivity index is 0.000000465. The first-order valence-electron chi connectivity index (χ1n) is 9.63. The van der Waals surface area contributed by atoms with Crippen LogP contribution in [0, 0.1) is 38.8 Å². The molecule has 0 saturated heterocycles. The van der Waals surface area contributed by atoms with Gasteiger partial charge in [-0.2, -0.15) is 57.5 Å². The normalized spacial score (nSPS) is 11.2. The Kier molecular flexibility index (Phi) is 16.3. The third kappa shape index (κ3) is 9.99. The van der Waals surface area contributed by atoms with E-state index in [1.807, 2.05) is 52.7 Å². The van der Waals surface area contributed by atoms with E-state index in [0.29, 0.717) is 0 Å². The van der Waals surface area contributed by atoms with Gasteiger partial charge in [0.15, 0.2) is 0 Å². The topological polar surface area (TPSA) is 0 Å². The van der Waals surface area contributed by atoms with Crippen molar-refractivity contribution in [1.29, 1.82) is 0 Å². The monoisotopic (exact) mass is 462 g/mol. The second-order valence-corrected chi connectivity index (χ2v) is 6.53. The Morgan fingerprint density at radius 3 is 2.04 bits per heavy atom. The molecule has 0 N–H and O–H groups in total. The zero-order chi connectivity index (χ0) is 21.4. The van der Waals surface area contributed by atoms with Crippen molar-refractivity contribution in [3.8, 4) is 11.1 Å². The molecular formula is C26H32SiZr-4. The predicted octanol–water partition coefficient (Wildman–Crippen LogP) is 7.06. The Morgan fingerprint density at radius 1 is 0.929 bits per heavy atom. The zero-order valence-electron chi connectivity index (χ0n) is 18.2. The number of benzene rings is 2. The van der Waals surface area contributed by atoms with Crippen molar-refractivity contribution in [2.75, 3.05) is 0 Å². The molecule has 2 aliphatic carbocycles. The van der Waals surface area contributed by atoms with E-state index in [1.165, 1.54) is 56.7 Å². The van der Waals surface area contributed by atoms with Crippen LogP contribution in [-0.4, -0.2) is 6.88 Å². The molecule has 0 bridgehead atoms. The SMILES string of the molecule is C[CH-]C.C[CH-]C.Cc1[c-]c2c(cc1)-c1ccc(C)cc1C2.[C-]1=CC=CC1.[Si]=[Zr]. The summed E-state index contributed by atoms with van der Waals surface area (Å²) in [5.74, 6) is 0. The molecule has 148 valence electrons. The van der Waals surface area contributed by atoms with Crippen molar-refractivity contribution in [3.63, 3.8) is 0 Å². The first-order chi connectivity index (χ1) is 13.6. The molecule has 2 radical (unpaired) electrons. The van der Waals surface area contributed by atoms with Gasteiger partial charge in [0.1, 0.15) is 0 Å². The van der Waals surface area contributed by atoms with Crippen molar-refractivity contribution < 1.29 is 23.3 Å². The fourth-order valence-corrected chi connectivity index (χ4v) is 2.71. The van der Waals surface area contributed by atoms with Crippen LogP contribution in [-0.2, 0) is 29.8 Å². The standard InChI is InChI=1S/C15H13.C5H5.2C3H7.Si.Zr/c1-10-3-5-14-12(7-10)9-13-8-11(2)4-6-15(13)14;1-2-4-5-3-1;2*1-3-2;;/h3-7H,9H2,1-2H3;1-3H,4H2;2*3H,1-2H3;;/q4*-1;;. The number of hydrogen-bond acceptors (Lipinski definition) is 0. The van der Waals surface area contributed by atoms with Crippen LogP contribution in [0.4, 0.5) is 0 Å². The summed E-state index contributed by atoms with van der Waals surface area (Å²) in [7, 11) is 0. The van der Waals surface area contributed by atoms with Crippen LogP contribution in [0.15, 0.2) is 48.6 Å². The molecular weight excluding hydrogens is 432 g/mol. The molecule has 0 nitrogen and oxygen atoms in total. The van der Waals surface area contributed by atoms with E-state index in [0.717, 1.165) is 12.8 Å². The third-order valence-electron chi connectivity index (χ3n) is 3.68. The molecule has 28 heavy (non-hydrogen) atoms. The first-order valence-corrected chi connectivity index (χ1v) is 13.8. The van der Waals surface area contributed by atoms with E-state index in [1.54, 1.807) is 0 Å². The van der Waals surface area contributed by atoms with Gasteiger partial charge in [-0.1, -0.05) is 36.2 Å². The van der Waals surface area contributed by atoms with Gasteiger partial charge in [0, 0.05) is 0 Å². The fraction of sp³-hybridized carbons (Fsp3) is 0.308. The van der Waals surface area contributed by atoms with E-state index in [9.17, 15) is 0 Å². The van der Waals surface area contributed by atoms with Crippen LogP contribution < -0.4 is 0 Å². The van der Waals surface area contributed by atoms with Crippen LogP contribution in [0.3, 0.4) is 0 Å². The summed E-state index contributed by atoms with van der Waals surface area (Å²) in [5, 5.41) is 0. The third-order valence-corrected chi connectivity index (χ3v) is 3.68. The Hall–Kier alpha value is -0.980. The predicted molar refractivity (Wildman–Crippen MR) is 122 cm³/mol. The molecule has 0 aromatic heterocycles. The first kappa shape index (κ1) is 27.0. The van der Waals surface area contributed by atoms with Gasteiger partial charge in [0.25, 0.3) is 0 Å². The molecule has 4 rings (SSSR count).